The number of carbonyl (C=O) groups is 1. The van der Waals surface area contributed by atoms with Crippen LogP contribution in [0.2, 0.25) is 0 Å². The van der Waals surface area contributed by atoms with Crippen LogP contribution in [-0.4, -0.2) is 53.5 Å². The van der Waals surface area contributed by atoms with Crippen LogP contribution in [0.1, 0.15) is 18.6 Å². The van der Waals surface area contributed by atoms with Crippen molar-refractivity contribution in [3.63, 3.8) is 0 Å². The Hall–Kier alpha value is -1.43. The van der Waals surface area contributed by atoms with Crippen LogP contribution in [0.15, 0.2) is 4.52 Å². The molecule has 90 valence electrons. The van der Waals surface area contributed by atoms with E-state index in [1.807, 2.05) is 18.9 Å². The SMILES string of the molecule is CCc1noc(CN(C)CC(=O)N(C)C)n1. The van der Waals surface area contributed by atoms with Gasteiger partial charge in [0, 0.05) is 20.5 Å². The van der Waals surface area contributed by atoms with Crippen molar-refractivity contribution in [1.82, 2.24) is 19.9 Å². The van der Waals surface area contributed by atoms with E-state index in [4.69, 9.17) is 4.52 Å². The van der Waals surface area contributed by atoms with Gasteiger partial charge in [0.2, 0.25) is 11.8 Å². The summed E-state index contributed by atoms with van der Waals surface area (Å²) in [7, 11) is 5.31. The van der Waals surface area contributed by atoms with Gasteiger partial charge in [-0.1, -0.05) is 12.1 Å². The fourth-order valence-corrected chi connectivity index (χ4v) is 1.16. The summed E-state index contributed by atoms with van der Waals surface area (Å²) in [5.74, 6) is 1.30. The maximum absolute atomic E-state index is 11.4. The van der Waals surface area contributed by atoms with Gasteiger partial charge in [-0.3, -0.25) is 9.69 Å². The van der Waals surface area contributed by atoms with Crippen LogP contribution in [0.25, 0.3) is 0 Å². The highest BCUT2D eigenvalue weighted by Crippen LogP contribution is 2.01. The molecule has 0 aromatic carbocycles. The predicted octanol–water partition coefficient (Wildman–Crippen LogP) is 0.152. The molecular formula is C10H18N4O2. The third-order valence-corrected chi connectivity index (χ3v) is 2.14. The van der Waals surface area contributed by atoms with Crippen LogP contribution < -0.4 is 0 Å². The fourth-order valence-electron chi connectivity index (χ4n) is 1.16. The van der Waals surface area contributed by atoms with Crippen LogP contribution >= 0.6 is 0 Å². The normalized spacial score (nSPS) is 10.8. The van der Waals surface area contributed by atoms with Gasteiger partial charge in [0.15, 0.2) is 5.82 Å². The Bertz CT molecular complexity index is 348. The van der Waals surface area contributed by atoms with Crippen molar-refractivity contribution in [2.75, 3.05) is 27.7 Å². The molecule has 0 saturated heterocycles. The number of carbonyl (C=O) groups excluding carboxylic acids is 1. The summed E-state index contributed by atoms with van der Waals surface area (Å²) < 4.78 is 5.04. The van der Waals surface area contributed by atoms with Gasteiger partial charge in [0.25, 0.3) is 0 Å². The van der Waals surface area contributed by atoms with Gasteiger partial charge in [0.1, 0.15) is 0 Å². The van der Waals surface area contributed by atoms with Crippen molar-refractivity contribution < 1.29 is 9.32 Å². The smallest absolute Gasteiger partial charge is 0.240 e. The number of aromatic nitrogens is 2. The van der Waals surface area contributed by atoms with Gasteiger partial charge in [0.05, 0.1) is 13.1 Å². The van der Waals surface area contributed by atoms with E-state index in [1.54, 1.807) is 19.0 Å². The molecule has 0 saturated carbocycles. The Morgan fingerprint density at radius 1 is 1.38 bits per heavy atom. The van der Waals surface area contributed by atoms with Crippen molar-refractivity contribution >= 4 is 5.91 Å². The summed E-state index contributed by atoms with van der Waals surface area (Å²) in [4.78, 5) is 19.0. The predicted molar refractivity (Wildman–Crippen MR) is 58.7 cm³/mol. The molecule has 0 spiro atoms. The van der Waals surface area contributed by atoms with E-state index in [0.717, 1.165) is 6.42 Å². The second-order valence-corrected chi connectivity index (χ2v) is 3.92. The average molecular weight is 226 g/mol. The summed E-state index contributed by atoms with van der Waals surface area (Å²) in [6.07, 6.45) is 0.754. The average Bonchev–Trinajstić information content (AvgIpc) is 2.65. The van der Waals surface area contributed by atoms with E-state index in [-0.39, 0.29) is 5.91 Å². The van der Waals surface area contributed by atoms with Crippen molar-refractivity contribution in [3.8, 4) is 0 Å². The molecule has 6 nitrogen and oxygen atoms in total. The Balaban J connectivity index is 2.45. The number of hydrogen-bond donors (Lipinski definition) is 0. The number of hydrogen-bond acceptors (Lipinski definition) is 5. The Morgan fingerprint density at radius 3 is 2.56 bits per heavy atom. The largest absolute Gasteiger partial charge is 0.348 e. The lowest BCUT2D eigenvalue weighted by Gasteiger charge is -2.16. The summed E-state index contributed by atoms with van der Waals surface area (Å²) in [6.45, 7) is 2.80. The molecule has 1 rings (SSSR count). The molecule has 6 heteroatoms. The minimum absolute atomic E-state index is 0.0535. The molecule has 16 heavy (non-hydrogen) atoms. The summed E-state index contributed by atoms with van der Waals surface area (Å²) in [5, 5.41) is 3.79. The van der Waals surface area contributed by atoms with Crippen LogP contribution in [0.4, 0.5) is 0 Å². The van der Waals surface area contributed by atoms with E-state index in [1.165, 1.54) is 0 Å². The number of amides is 1. The Labute approximate surface area is 95.2 Å². The number of rotatable bonds is 5. The molecule has 0 aliphatic carbocycles. The topological polar surface area (TPSA) is 62.5 Å². The maximum Gasteiger partial charge on any atom is 0.240 e. The van der Waals surface area contributed by atoms with Gasteiger partial charge >= 0.3 is 0 Å². The third kappa shape index (κ3) is 3.62. The zero-order chi connectivity index (χ0) is 12.1. The van der Waals surface area contributed by atoms with Crippen LogP contribution in [0.5, 0.6) is 0 Å². The van der Waals surface area contributed by atoms with Crippen LogP contribution in [0, 0.1) is 0 Å². The van der Waals surface area contributed by atoms with Crippen molar-refractivity contribution in [2.24, 2.45) is 0 Å². The maximum atomic E-state index is 11.4. The minimum atomic E-state index is 0.0535. The van der Waals surface area contributed by atoms with Crippen molar-refractivity contribution in [1.29, 1.82) is 0 Å². The third-order valence-electron chi connectivity index (χ3n) is 2.14. The molecule has 0 atom stereocenters. The monoisotopic (exact) mass is 226 g/mol. The lowest BCUT2D eigenvalue weighted by molar-refractivity contribution is -0.129. The molecule has 1 aromatic rings. The quantitative estimate of drug-likeness (QED) is 0.715. The van der Waals surface area contributed by atoms with Gasteiger partial charge in [-0.05, 0) is 7.05 Å². The summed E-state index contributed by atoms with van der Waals surface area (Å²) in [6, 6.07) is 0. The zero-order valence-corrected chi connectivity index (χ0v) is 10.2. The summed E-state index contributed by atoms with van der Waals surface area (Å²) >= 11 is 0. The number of likely N-dealkylation sites (N-methyl/N-ethyl adjacent to an activating group) is 2. The summed E-state index contributed by atoms with van der Waals surface area (Å²) in [5.41, 5.74) is 0. The number of nitrogens with zero attached hydrogens (tertiary/aromatic N) is 4. The second kappa shape index (κ2) is 5.60. The first-order chi connectivity index (χ1) is 7.52. The molecule has 1 heterocycles. The molecule has 0 aliphatic heterocycles. The van der Waals surface area contributed by atoms with Crippen LogP contribution in [0.3, 0.4) is 0 Å². The molecular weight excluding hydrogens is 208 g/mol. The van der Waals surface area contributed by atoms with Gasteiger partial charge in [-0.25, -0.2) is 0 Å². The van der Waals surface area contributed by atoms with Gasteiger partial charge in [-0.15, -0.1) is 0 Å². The van der Waals surface area contributed by atoms with Gasteiger partial charge < -0.3 is 9.42 Å². The van der Waals surface area contributed by atoms with Crippen molar-refractivity contribution in [3.05, 3.63) is 11.7 Å². The molecule has 1 amide bonds. The Morgan fingerprint density at radius 2 is 2.06 bits per heavy atom. The van der Waals surface area contributed by atoms with E-state index in [9.17, 15) is 4.79 Å². The highest BCUT2D eigenvalue weighted by Gasteiger charge is 2.12. The lowest BCUT2D eigenvalue weighted by atomic mass is 10.4. The van der Waals surface area contributed by atoms with Gasteiger partial charge in [-0.2, -0.15) is 4.98 Å². The molecule has 0 fully saturated rings. The van der Waals surface area contributed by atoms with Crippen molar-refractivity contribution in [2.45, 2.75) is 19.9 Å². The first kappa shape index (κ1) is 12.6. The second-order valence-electron chi connectivity index (χ2n) is 3.92. The van der Waals surface area contributed by atoms with Crippen LogP contribution in [-0.2, 0) is 17.8 Å². The van der Waals surface area contributed by atoms with E-state index < -0.39 is 0 Å². The number of aryl methyl sites for hydroxylation is 1. The van der Waals surface area contributed by atoms with E-state index >= 15 is 0 Å². The minimum Gasteiger partial charge on any atom is -0.348 e. The first-order valence-corrected chi connectivity index (χ1v) is 5.23. The highest BCUT2D eigenvalue weighted by atomic mass is 16.5. The fraction of sp³-hybridized carbons (Fsp3) is 0.700. The molecule has 0 bridgehead atoms. The molecule has 0 unspecified atom stereocenters. The van der Waals surface area contributed by atoms with E-state index in [2.05, 4.69) is 10.1 Å². The zero-order valence-electron chi connectivity index (χ0n) is 10.2. The molecule has 0 aliphatic rings. The van der Waals surface area contributed by atoms with E-state index in [0.29, 0.717) is 24.8 Å². The molecule has 0 N–H and O–H groups in total. The molecule has 1 aromatic heterocycles. The first-order valence-electron chi connectivity index (χ1n) is 5.23. The highest BCUT2D eigenvalue weighted by molar-refractivity contribution is 5.77. The Kier molecular flexibility index (Phi) is 4.42. The molecule has 0 radical (unpaired) electrons. The lowest BCUT2D eigenvalue weighted by Crippen LogP contribution is -2.34. The standard InChI is InChI=1S/C10H18N4O2/c1-5-8-11-9(16-12-8)6-14(4)7-10(15)13(2)3/h5-7H2,1-4H3.